The van der Waals surface area contributed by atoms with Gasteiger partial charge in [0.15, 0.2) is 16.9 Å². The number of hydrogen-bond donors (Lipinski definition) is 1. The maximum Gasteiger partial charge on any atom is 0.327 e. The standard InChI is InChI=1S/C30H33N9O4/c1-6-13-38-26(40)21-18-31-29(32-19-7-9-20(10-8-19)37-16-14-35(3)15-17-37)34-25(21)39(38)23-12-11-22-24(33-23)30(2,28(42)43-5)27(41)36(22)4/h6-12,18H,1,13-17H2,2-5H3,(H,31,32,34). The number of anilines is 4. The maximum atomic E-state index is 13.4. The summed E-state index contributed by atoms with van der Waals surface area (Å²) in [5.41, 5.74) is 0.995. The number of pyridine rings is 1. The number of amides is 1. The summed E-state index contributed by atoms with van der Waals surface area (Å²) in [6, 6.07) is 11.4. The smallest absolute Gasteiger partial charge is 0.327 e. The Bertz CT molecular complexity index is 1800. The molecule has 2 aliphatic heterocycles. The third kappa shape index (κ3) is 4.52. The fraction of sp³-hybridized carbons (Fsp3) is 0.333. The number of carbonyl (C=O) groups excluding carboxylic acids is 2. The number of benzene rings is 1. The summed E-state index contributed by atoms with van der Waals surface area (Å²) in [5.74, 6) is -0.583. The number of nitrogens with zero attached hydrogens (tertiary/aromatic N) is 8. The SMILES string of the molecule is C=CCn1c(=O)c2cnc(Nc3ccc(N4CCN(C)CC4)cc3)nc2n1-c1ccc2c(n1)C(C)(C(=O)OC)C(=O)N2C. The minimum Gasteiger partial charge on any atom is -0.468 e. The zero-order chi connectivity index (χ0) is 30.5. The second-order valence-electron chi connectivity index (χ2n) is 10.9. The number of methoxy groups -OCH3 is 1. The molecule has 1 N–H and O–H groups in total. The molecule has 1 aromatic carbocycles. The van der Waals surface area contributed by atoms with Gasteiger partial charge in [0.25, 0.3) is 5.56 Å². The number of hydrogen-bond acceptors (Lipinski definition) is 10. The molecule has 0 spiro atoms. The van der Waals surface area contributed by atoms with E-state index in [4.69, 9.17) is 14.7 Å². The average molecular weight is 584 g/mol. The molecule has 6 rings (SSSR count). The number of likely N-dealkylation sites (N-methyl/N-ethyl adjacent to an activating group) is 2. The molecule has 4 aromatic rings. The van der Waals surface area contributed by atoms with Crippen LogP contribution in [0.5, 0.6) is 0 Å². The Morgan fingerprint density at radius 2 is 1.79 bits per heavy atom. The number of esters is 1. The van der Waals surface area contributed by atoms with Crippen LogP contribution in [0.4, 0.5) is 23.0 Å². The summed E-state index contributed by atoms with van der Waals surface area (Å²) in [6.45, 7) is 9.44. The molecule has 1 unspecified atom stereocenters. The molecule has 0 radical (unpaired) electrons. The van der Waals surface area contributed by atoms with E-state index in [-0.39, 0.29) is 23.2 Å². The fourth-order valence-corrected chi connectivity index (χ4v) is 5.69. The largest absolute Gasteiger partial charge is 0.468 e. The molecule has 5 heterocycles. The molecule has 0 bridgehead atoms. The van der Waals surface area contributed by atoms with E-state index in [1.165, 1.54) is 29.8 Å². The van der Waals surface area contributed by atoms with E-state index in [0.29, 0.717) is 23.1 Å². The third-order valence-electron chi connectivity index (χ3n) is 8.21. The van der Waals surface area contributed by atoms with Crippen LogP contribution in [0.15, 0.2) is 60.0 Å². The van der Waals surface area contributed by atoms with Crippen molar-refractivity contribution < 1.29 is 14.3 Å². The van der Waals surface area contributed by atoms with Gasteiger partial charge in [0.05, 0.1) is 25.0 Å². The fourth-order valence-electron chi connectivity index (χ4n) is 5.69. The molecule has 2 aliphatic rings. The van der Waals surface area contributed by atoms with Crippen LogP contribution >= 0.6 is 0 Å². The predicted octanol–water partition coefficient (Wildman–Crippen LogP) is 2.07. The van der Waals surface area contributed by atoms with Gasteiger partial charge < -0.3 is 24.8 Å². The highest BCUT2D eigenvalue weighted by atomic mass is 16.5. The van der Waals surface area contributed by atoms with Gasteiger partial charge in [0, 0.05) is 50.8 Å². The Morgan fingerprint density at radius 1 is 1.07 bits per heavy atom. The van der Waals surface area contributed by atoms with Crippen molar-refractivity contribution in [3.8, 4) is 5.82 Å². The Hall–Kier alpha value is -5.04. The number of rotatable bonds is 7. The van der Waals surface area contributed by atoms with Crippen LogP contribution in [-0.2, 0) is 26.3 Å². The van der Waals surface area contributed by atoms with Crippen molar-refractivity contribution in [1.82, 2.24) is 29.2 Å². The minimum atomic E-state index is -1.64. The molecule has 3 aromatic heterocycles. The lowest BCUT2D eigenvalue weighted by molar-refractivity contribution is -0.150. The number of allylic oxidation sites excluding steroid dienone is 1. The molecule has 0 saturated carbocycles. The third-order valence-corrected chi connectivity index (χ3v) is 8.21. The normalized spacial score (nSPS) is 18.7. The quantitative estimate of drug-likeness (QED) is 0.196. The van der Waals surface area contributed by atoms with Crippen molar-refractivity contribution in [3.05, 3.63) is 71.3 Å². The van der Waals surface area contributed by atoms with Crippen molar-refractivity contribution in [2.75, 3.05) is 62.5 Å². The highest BCUT2D eigenvalue weighted by Crippen LogP contribution is 2.41. The first-order valence-corrected chi connectivity index (χ1v) is 14.0. The van der Waals surface area contributed by atoms with Crippen molar-refractivity contribution in [3.63, 3.8) is 0 Å². The lowest BCUT2D eigenvalue weighted by Gasteiger charge is -2.34. The van der Waals surface area contributed by atoms with E-state index in [1.807, 2.05) is 12.1 Å². The van der Waals surface area contributed by atoms with E-state index in [1.54, 1.807) is 29.9 Å². The van der Waals surface area contributed by atoms with E-state index >= 15 is 0 Å². The molecular formula is C30H33N9O4. The number of nitrogens with one attached hydrogen (secondary N) is 1. The average Bonchev–Trinajstić information content (AvgIpc) is 3.40. The number of fused-ring (bicyclic) bond motifs is 2. The van der Waals surface area contributed by atoms with Gasteiger partial charge in [-0.2, -0.15) is 4.98 Å². The van der Waals surface area contributed by atoms with Crippen molar-refractivity contribution in [1.29, 1.82) is 0 Å². The van der Waals surface area contributed by atoms with Crippen LogP contribution in [0.25, 0.3) is 16.9 Å². The maximum absolute atomic E-state index is 13.4. The number of aromatic nitrogens is 5. The molecule has 1 saturated heterocycles. The van der Waals surface area contributed by atoms with Crippen LogP contribution in [0.1, 0.15) is 12.6 Å². The van der Waals surface area contributed by atoms with Gasteiger partial charge in [0.1, 0.15) is 5.39 Å². The summed E-state index contributed by atoms with van der Waals surface area (Å²) in [6.07, 6.45) is 3.07. The summed E-state index contributed by atoms with van der Waals surface area (Å²) in [7, 11) is 4.94. The zero-order valence-corrected chi connectivity index (χ0v) is 24.6. The molecule has 222 valence electrons. The Morgan fingerprint density at radius 3 is 2.47 bits per heavy atom. The lowest BCUT2D eigenvalue weighted by atomic mass is 9.87. The summed E-state index contributed by atoms with van der Waals surface area (Å²) in [4.78, 5) is 59.3. The van der Waals surface area contributed by atoms with Crippen LogP contribution in [0.3, 0.4) is 0 Å². The lowest BCUT2D eigenvalue weighted by Crippen LogP contribution is -2.44. The first kappa shape index (κ1) is 28.1. The number of ether oxygens (including phenoxy) is 1. The van der Waals surface area contributed by atoms with E-state index in [0.717, 1.165) is 37.6 Å². The predicted molar refractivity (Wildman–Crippen MR) is 163 cm³/mol. The highest BCUT2D eigenvalue weighted by molar-refractivity contribution is 6.19. The molecule has 1 atom stereocenters. The van der Waals surface area contributed by atoms with Gasteiger partial charge in [0.2, 0.25) is 11.9 Å². The van der Waals surface area contributed by atoms with Gasteiger partial charge in [-0.15, -0.1) is 6.58 Å². The van der Waals surface area contributed by atoms with Crippen molar-refractivity contribution in [2.24, 2.45) is 0 Å². The summed E-state index contributed by atoms with van der Waals surface area (Å²) >= 11 is 0. The monoisotopic (exact) mass is 583 g/mol. The second kappa shape index (κ2) is 10.7. The van der Waals surface area contributed by atoms with Crippen LogP contribution in [0, 0.1) is 0 Å². The van der Waals surface area contributed by atoms with Crippen LogP contribution in [-0.4, -0.2) is 88.5 Å². The molecule has 13 nitrogen and oxygen atoms in total. The Balaban J connectivity index is 1.40. The molecule has 13 heteroatoms. The summed E-state index contributed by atoms with van der Waals surface area (Å²) < 4.78 is 7.97. The second-order valence-corrected chi connectivity index (χ2v) is 10.9. The van der Waals surface area contributed by atoms with E-state index in [9.17, 15) is 14.4 Å². The molecule has 0 aliphatic carbocycles. The molecule has 1 fully saturated rings. The first-order chi connectivity index (χ1) is 20.7. The van der Waals surface area contributed by atoms with Crippen LogP contribution < -0.4 is 20.7 Å². The van der Waals surface area contributed by atoms with Crippen LogP contribution in [0.2, 0.25) is 0 Å². The molecule has 43 heavy (non-hydrogen) atoms. The van der Waals surface area contributed by atoms with Crippen molar-refractivity contribution in [2.45, 2.75) is 18.9 Å². The zero-order valence-electron chi connectivity index (χ0n) is 24.6. The van der Waals surface area contributed by atoms with Gasteiger partial charge in [-0.05, 0) is 50.4 Å². The Kier molecular flexibility index (Phi) is 6.97. The van der Waals surface area contributed by atoms with Gasteiger partial charge in [-0.3, -0.25) is 14.4 Å². The number of piperazine rings is 1. The van der Waals surface area contributed by atoms with E-state index in [2.05, 4.69) is 45.9 Å². The first-order valence-electron chi connectivity index (χ1n) is 14.0. The van der Waals surface area contributed by atoms with Gasteiger partial charge >= 0.3 is 5.97 Å². The highest BCUT2D eigenvalue weighted by Gasteiger charge is 2.54. The molecule has 1 amide bonds. The number of carbonyl (C=O) groups is 2. The summed E-state index contributed by atoms with van der Waals surface area (Å²) in [5, 5.41) is 3.52. The van der Waals surface area contributed by atoms with Gasteiger partial charge in [-0.1, -0.05) is 6.08 Å². The topological polar surface area (TPSA) is 131 Å². The van der Waals surface area contributed by atoms with E-state index < -0.39 is 17.3 Å². The van der Waals surface area contributed by atoms with Crippen molar-refractivity contribution >= 4 is 45.9 Å². The Labute approximate surface area is 248 Å². The minimum absolute atomic E-state index is 0.164. The van der Waals surface area contributed by atoms with Gasteiger partial charge in [-0.25, -0.2) is 19.3 Å². The molecular weight excluding hydrogens is 550 g/mol.